The van der Waals surface area contributed by atoms with Crippen LogP contribution in [0.3, 0.4) is 0 Å². The molecule has 1 saturated heterocycles. The van der Waals surface area contributed by atoms with E-state index in [4.69, 9.17) is 0 Å². The number of aromatic nitrogens is 1. The number of amides is 4. The topological polar surface area (TPSA) is 109 Å². The number of carbonyl (C=O) groups excluding carboxylic acids is 3. The summed E-state index contributed by atoms with van der Waals surface area (Å²) in [6.07, 6.45) is 2.43. The van der Waals surface area contributed by atoms with E-state index < -0.39 is 23.4 Å². The molecule has 2 heterocycles. The number of carbonyl (C=O) groups is 3. The Balaban J connectivity index is 1.29. The summed E-state index contributed by atoms with van der Waals surface area (Å²) in [6.45, 7) is 0.797. The third-order valence-electron chi connectivity index (χ3n) is 5.44. The Morgan fingerprint density at radius 1 is 0.857 bits per heavy atom. The molecule has 11 heteroatoms. The van der Waals surface area contributed by atoms with Crippen molar-refractivity contribution in [1.29, 1.82) is 0 Å². The van der Waals surface area contributed by atoms with Crippen LogP contribution in [0.4, 0.5) is 25.0 Å². The number of nitrogens with one attached hydrogen (secondary N) is 2. The molecule has 1 aromatic heterocycles. The molecule has 0 atom stereocenters. The summed E-state index contributed by atoms with van der Waals surface area (Å²) in [5.41, 5.74) is 0.837. The number of halogens is 2. The lowest BCUT2D eigenvalue weighted by atomic mass is 10.1. The van der Waals surface area contributed by atoms with E-state index in [2.05, 4.69) is 10.6 Å². The van der Waals surface area contributed by atoms with E-state index in [-0.39, 0.29) is 43.3 Å². The monoisotopic (exact) mass is 481 g/mol. The van der Waals surface area contributed by atoms with Gasteiger partial charge in [0.05, 0.1) is 5.56 Å². The molecule has 0 aliphatic carbocycles. The summed E-state index contributed by atoms with van der Waals surface area (Å²) in [7, 11) is 0. The van der Waals surface area contributed by atoms with E-state index in [1.54, 1.807) is 24.3 Å². The Labute approximate surface area is 199 Å². The predicted octanol–water partition coefficient (Wildman–Crippen LogP) is 2.84. The molecule has 35 heavy (non-hydrogen) atoms. The van der Waals surface area contributed by atoms with E-state index in [1.807, 2.05) is 0 Å². The standard InChI is InChI=1S/C24H21F2N5O4/c25-17-3-8-21(26)20(14-17)23(33)29-10-12-30(13-11-29)24(34)28-19-6-4-18(5-7-19)27-22(32)16-2-1-9-31(35)15-16/h1-9,14-15H,10-13H2,(H,27,32)(H,28,34). The number of pyridine rings is 1. The van der Waals surface area contributed by atoms with Crippen LogP contribution in [0.2, 0.25) is 0 Å². The Morgan fingerprint density at radius 2 is 1.49 bits per heavy atom. The van der Waals surface area contributed by atoms with E-state index in [0.717, 1.165) is 24.4 Å². The van der Waals surface area contributed by atoms with Gasteiger partial charge in [-0.1, -0.05) is 0 Å². The van der Waals surface area contributed by atoms with Gasteiger partial charge in [0.2, 0.25) is 0 Å². The number of piperazine rings is 1. The molecular formula is C24H21F2N5O4. The predicted molar refractivity (Wildman–Crippen MR) is 123 cm³/mol. The van der Waals surface area contributed by atoms with Gasteiger partial charge in [-0.15, -0.1) is 0 Å². The lowest BCUT2D eigenvalue weighted by Gasteiger charge is -2.34. The number of nitrogens with zero attached hydrogens (tertiary/aromatic N) is 3. The van der Waals surface area contributed by atoms with Crippen LogP contribution in [0.5, 0.6) is 0 Å². The number of rotatable bonds is 4. The van der Waals surface area contributed by atoms with Crippen molar-refractivity contribution >= 4 is 29.2 Å². The van der Waals surface area contributed by atoms with E-state index in [9.17, 15) is 28.4 Å². The SMILES string of the molecule is O=C(Nc1ccc(NC(=O)N2CCN(C(=O)c3cc(F)ccc3F)CC2)cc1)c1ccc[n+]([O-])c1. The van der Waals surface area contributed by atoms with Gasteiger partial charge in [-0.3, -0.25) is 9.59 Å². The molecule has 0 unspecified atom stereocenters. The van der Waals surface area contributed by atoms with Gasteiger partial charge in [-0.05, 0) is 48.5 Å². The van der Waals surface area contributed by atoms with Crippen LogP contribution in [0.25, 0.3) is 0 Å². The Hall–Kier alpha value is -4.54. The molecule has 1 fully saturated rings. The summed E-state index contributed by atoms with van der Waals surface area (Å²) < 4.78 is 27.8. The van der Waals surface area contributed by atoms with Crippen molar-refractivity contribution in [2.24, 2.45) is 0 Å². The van der Waals surface area contributed by atoms with Crippen LogP contribution < -0.4 is 15.4 Å². The Bertz CT molecular complexity index is 1260. The summed E-state index contributed by atoms with van der Waals surface area (Å²) in [5.74, 6) is -2.57. The average molecular weight is 481 g/mol. The molecule has 4 rings (SSSR count). The van der Waals surface area contributed by atoms with E-state index in [1.165, 1.54) is 28.1 Å². The summed E-state index contributed by atoms with van der Waals surface area (Å²) in [6, 6.07) is 11.7. The molecule has 0 bridgehead atoms. The fourth-order valence-electron chi connectivity index (χ4n) is 3.58. The first-order valence-electron chi connectivity index (χ1n) is 10.7. The van der Waals surface area contributed by atoms with Gasteiger partial charge in [0, 0.05) is 43.6 Å². The molecule has 0 saturated carbocycles. The quantitative estimate of drug-likeness (QED) is 0.441. The van der Waals surface area contributed by atoms with Gasteiger partial charge in [0.1, 0.15) is 17.2 Å². The van der Waals surface area contributed by atoms with Crippen molar-refractivity contribution < 1.29 is 27.9 Å². The second-order valence-corrected chi connectivity index (χ2v) is 7.82. The van der Waals surface area contributed by atoms with Crippen LogP contribution in [-0.2, 0) is 0 Å². The molecule has 1 aliphatic heterocycles. The van der Waals surface area contributed by atoms with Crippen LogP contribution in [0, 0.1) is 16.8 Å². The highest BCUT2D eigenvalue weighted by Gasteiger charge is 2.26. The van der Waals surface area contributed by atoms with Crippen LogP contribution in [0.1, 0.15) is 20.7 Å². The average Bonchev–Trinajstić information content (AvgIpc) is 2.86. The minimum atomic E-state index is -0.797. The molecule has 180 valence electrons. The van der Waals surface area contributed by atoms with Gasteiger partial charge in [0.15, 0.2) is 12.4 Å². The first-order chi connectivity index (χ1) is 16.8. The highest BCUT2D eigenvalue weighted by Crippen LogP contribution is 2.17. The molecule has 4 amide bonds. The van der Waals surface area contributed by atoms with Crippen molar-refractivity contribution in [1.82, 2.24) is 9.80 Å². The van der Waals surface area contributed by atoms with Crippen molar-refractivity contribution in [3.05, 3.63) is 95.0 Å². The maximum atomic E-state index is 13.9. The lowest BCUT2D eigenvalue weighted by Crippen LogP contribution is -2.51. The minimum Gasteiger partial charge on any atom is -0.619 e. The molecule has 0 spiro atoms. The number of hydrogen-bond acceptors (Lipinski definition) is 4. The normalized spacial score (nSPS) is 13.3. The van der Waals surface area contributed by atoms with Gasteiger partial charge >= 0.3 is 6.03 Å². The molecule has 1 aliphatic rings. The summed E-state index contributed by atoms with van der Waals surface area (Å²) in [4.78, 5) is 40.2. The van der Waals surface area contributed by atoms with Gasteiger partial charge in [-0.2, -0.15) is 4.73 Å². The molecule has 9 nitrogen and oxygen atoms in total. The molecule has 2 N–H and O–H groups in total. The molecule has 3 aromatic rings. The second-order valence-electron chi connectivity index (χ2n) is 7.82. The van der Waals surface area contributed by atoms with Crippen molar-refractivity contribution in [3.8, 4) is 0 Å². The van der Waals surface area contributed by atoms with Crippen LogP contribution in [0.15, 0.2) is 67.0 Å². The lowest BCUT2D eigenvalue weighted by molar-refractivity contribution is -0.605. The Kier molecular flexibility index (Phi) is 6.86. The number of urea groups is 1. The zero-order chi connectivity index (χ0) is 24.9. The second kappa shape index (κ2) is 10.2. The van der Waals surface area contributed by atoms with Gasteiger partial charge in [-0.25, -0.2) is 13.6 Å². The van der Waals surface area contributed by atoms with Gasteiger partial charge in [0.25, 0.3) is 11.8 Å². The fourth-order valence-corrected chi connectivity index (χ4v) is 3.58. The maximum Gasteiger partial charge on any atom is 0.321 e. The number of benzene rings is 2. The van der Waals surface area contributed by atoms with Crippen molar-refractivity contribution in [2.45, 2.75) is 0 Å². The third-order valence-corrected chi connectivity index (χ3v) is 5.44. The molecule has 2 aromatic carbocycles. The Morgan fingerprint density at radius 3 is 2.14 bits per heavy atom. The van der Waals surface area contributed by atoms with Crippen molar-refractivity contribution in [2.75, 3.05) is 36.8 Å². The number of hydrogen-bond donors (Lipinski definition) is 2. The van der Waals surface area contributed by atoms with Crippen molar-refractivity contribution in [3.63, 3.8) is 0 Å². The fraction of sp³-hybridized carbons (Fsp3) is 0.167. The summed E-state index contributed by atoms with van der Waals surface area (Å²) in [5, 5.41) is 16.7. The zero-order valence-corrected chi connectivity index (χ0v) is 18.4. The molecular weight excluding hydrogens is 460 g/mol. The first-order valence-corrected chi connectivity index (χ1v) is 10.7. The first kappa shape index (κ1) is 23.6. The maximum absolute atomic E-state index is 13.9. The summed E-state index contributed by atoms with van der Waals surface area (Å²) >= 11 is 0. The van der Waals surface area contributed by atoms with Crippen LogP contribution >= 0.6 is 0 Å². The molecule has 0 radical (unpaired) electrons. The zero-order valence-electron chi connectivity index (χ0n) is 18.4. The highest BCUT2D eigenvalue weighted by molar-refractivity contribution is 6.04. The highest BCUT2D eigenvalue weighted by atomic mass is 19.1. The van der Waals surface area contributed by atoms with E-state index >= 15 is 0 Å². The van der Waals surface area contributed by atoms with Crippen LogP contribution in [-0.4, -0.2) is 53.8 Å². The van der Waals surface area contributed by atoms with E-state index in [0.29, 0.717) is 16.1 Å². The smallest absolute Gasteiger partial charge is 0.321 e. The third kappa shape index (κ3) is 5.69. The minimum absolute atomic E-state index is 0.177. The van der Waals surface area contributed by atoms with Gasteiger partial charge < -0.3 is 25.6 Å². The largest absolute Gasteiger partial charge is 0.619 e. The number of anilines is 2.